The monoisotopic (exact) mass is 232 g/mol. The maximum absolute atomic E-state index is 11.5. The van der Waals surface area contributed by atoms with Gasteiger partial charge in [-0.15, -0.1) is 0 Å². The minimum absolute atomic E-state index is 0.0954. The lowest BCUT2D eigenvalue weighted by molar-refractivity contribution is 0.572. The van der Waals surface area contributed by atoms with Gasteiger partial charge in [0.2, 0.25) is 0 Å². The second-order valence-corrected chi connectivity index (χ2v) is 4.80. The molecule has 0 aliphatic carbocycles. The summed E-state index contributed by atoms with van der Waals surface area (Å²) in [6.45, 7) is 3.95. The summed E-state index contributed by atoms with van der Waals surface area (Å²) < 4.78 is 25.5. The van der Waals surface area contributed by atoms with E-state index in [2.05, 4.69) is 26.9 Å². The zero-order chi connectivity index (χ0) is 11.1. The maximum atomic E-state index is 11.5. The molecule has 0 unspecified atom stereocenters. The highest BCUT2D eigenvalue weighted by Crippen LogP contribution is 2.00. The fourth-order valence-electron chi connectivity index (χ4n) is 1.04. The van der Waals surface area contributed by atoms with Gasteiger partial charge in [-0.1, -0.05) is 6.92 Å². The molecule has 1 aromatic heterocycles. The Morgan fingerprint density at radius 3 is 2.80 bits per heavy atom. The summed E-state index contributed by atoms with van der Waals surface area (Å²) in [6.07, 6.45) is 3.65. The number of nitrogens with one attached hydrogen (secondary N) is 3. The van der Waals surface area contributed by atoms with E-state index in [0.717, 1.165) is 13.0 Å². The van der Waals surface area contributed by atoms with E-state index < -0.39 is 10.0 Å². The molecule has 0 atom stereocenters. The zero-order valence-corrected chi connectivity index (χ0v) is 9.47. The van der Waals surface area contributed by atoms with Gasteiger partial charge in [0.05, 0.1) is 12.5 Å². The molecule has 0 radical (unpaired) electrons. The van der Waals surface area contributed by atoms with Gasteiger partial charge in [-0.3, -0.25) is 0 Å². The lowest BCUT2D eigenvalue weighted by atomic mass is 10.5. The van der Waals surface area contributed by atoms with Gasteiger partial charge < -0.3 is 10.3 Å². The van der Waals surface area contributed by atoms with Crippen molar-refractivity contribution in [3.05, 3.63) is 12.5 Å². The summed E-state index contributed by atoms with van der Waals surface area (Å²) in [6, 6.07) is 0. The number of aromatic amines is 1. The quantitative estimate of drug-likeness (QED) is 0.563. The van der Waals surface area contributed by atoms with Crippen LogP contribution in [0.5, 0.6) is 0 Å². The Labute approximate surface area is 89.5 Å². The van der Waals surface area contributed by atoms with Gasteiger partial charge in [0.1, 0.15) is 0 Å². The standard InChI is InChI=1S/C8H16N4O2S/c1-2-3-9-4-5-12-15(13,14)8-6-10-7-11-8/h6-7,9,12H,2-5H2,1H3,(H,10,11). The largest absolute Gasteiger partial charge is 0.335 e. The molecule has 0 fully saturated rings. The predicted molar refractivity (Wildman–Crippen MR) is 56.9 cm³/mol. The van der Waals surface area contributed by atoms with E-state index in [9.17, 15) is 8.42 Å². The van der Waals surface area contributed by atoms with Gasteiger partial charge in [-0.25, -0.2) is 18.1 Å². The highest BCUT2D eigenvalue weighted by molar-refractivity contribution is 7.89. The first-order valence-corrected chi connectivity index (χ1v) is 6.34. The molecule has 0 saturated heterocycles. The number of imidazole rings is 1. The van der Waals surface area contributed by atoms with Gasteiger partial charge in [-0.05, 0) is 13.0 Å². The molecule has 7 heteroatoms. The van der Waals surface area contributed by atoms with Crippen molar-refractivity contribution >= 4 is 10.0 Å². The van der Waals surface area contributed by atoms with E-state index in [4.69, 9.17) is 0 Å². The smallest absolute Gasteiger partial charge is 0.257 e. The van der Waals surface area contributed by atoms with Crippen molar-refractivity contribution in [2.24, 2.45) is 0 Å². The molecule has 0 aliphatic heterocycles. The molecule has 1 heterocycles. The van der Waals surface area contributed by atoms with Gasteiger partial charge in [0, 0.05) is 13.1 Å². The fraction of sp³-hybridized carbons (Fsp3) is 0.625. The average molecular weight is 232 g/mol. The first kappa shape index (κ1) is 12.2. The first-order valence-electron chi connectivity index (χ1n) is 4.85. The van der Waals surface area contributed by atoms with Crippen molar-refractivity contribution in [2.45, 2.75) is 18.4 Å². The van der Waals surface area contributed by atoms with Crippen LogP contribution in [0.4, 0.5) is 0 Å². The van der Waals surface area contributed by atoms with Crippen molar-refractivity contribution in [1.82, 2.24) is 20.0 Å². The van der Waals surface area contributed by atoms with E-state index in [0.29, 0.717) is 13.1 Å². The fourth-order valence-corrected chi connectivity index (χ4v) is 1.98. The van der Waals surface area contributed by atoms with Crippen LogP contribution in [0.1, 0.15) is 13.3 Å². The number of H-pyrrole nitrogens is 1. The number of hydrogen-bond acceptors (Lipinski definition) is 4. The topological polar surface area (TPSA) is 86.9 Å². The minimum Gasteiger partial charge on any atom is -0.335 e. The average Bonchev–Trinajstić information content (AvgIpc) is 2.70. The third kappa shape index (κ3) is 3.98. The van der Waals surface area contributed by atoms with Gasteiger partial charge in [0.15, 0.2) is 5.03 Å². The summed E-state index contributed by atoms with van der Waals surface area (Å²) in [5.74, 6) is 0. The molecule has 0 bridgehead atoms. The Balaban J connectivity index is 2.32. The molecule has 1 rings (SSSR count). The van der Waals surface area contributed by atoms with Crippen LogP contribution >= 0.6 is 0 Å². The summed E-state index contributed by atoms with van der Waals surface area (Å²) in [5, 5.41) is 3.20. The van der Waals surface area contributed by atoms with Crippen molar-refractivity contribution in [2.75, 3.05) is 19.6 Å². The van der Waals surface area contributed by atoms with E-state index in [1.165, 1.54) is 12.5 Å². The first-order chi connectivity index (χ1) is 7.17. The molecule has 15 heavy (non-hydrogen) atoms. The Kier molecular flexibility index (Phi) is 4.73. The molecule has 0 saturated carbocycles. The Bertz CT molecular complexity index is 360. The highest BCUT2D eigenvalue weighted by atomic mass is 32.2. The van der Waals surface area contributed by atoms with Crippen LogP contribution in [0.2, 0.25) is 0 Å². The van der Waals surface area contributed by atoms with Gasteiger partial charge in [0.25, 0.3) is 10.0 Å². The van der Waals surface area contributed by atoms with E-state index >= 15 is 0 Å². The number of aromatic nitrogens is 2. The molecule has 0 spiro atoms. The van der Waals surface area contributed by atoms with Crippen LogP contribution in [-0.4, -0.2) is 38.0 Å². The lowest BCUT2D eigenvalue weighted by Gasteiger charge is -2.05. The number of hydrogen-bond donors (Lipinski definition) is 3. The van der Waals surface area contributed by atoms with Crippen molar-refractivity contribution < 1.29 is 8.42 Å². The second kappa shape index (κ2) is 5.84. The van der Waals surface area contributed by atoms with Gasteiger partial charge in [-0.2, -0.15) is 0 Å². The van der Waals surface area contributed by atoms with Crippen LogP contribution < -0.4 is 10.0 Å². The third-order valence-corrected chi connectivity index (χ3v) is 3.17. The van der Waals surface area contributed by atoms with Crippen LogP contribution in [0.25, 0.3) is 0 Å². The second-order valence-electron chi connectivity index (χ2n) is 3.06. The maximum Gasteiger partial charge on any atom is 0.257 e. The molecule has 3 N–H and O–H groups in total. The normalized spacial score (nSPS) is 11.8. The van der Waals surface area contributed by atoms with Gasteiger partial charge >= 0.3 is 0 Å². The van der Waals surface area contributed by atoms with E-state index in [1.807, 2.05) is 0 Å². The summed E-state index contributed by atoms with van der Waals surface area (Å²) in [4.78, 5) is 6.20. The van der Waals surface area contributed by atoms with E-state index in [1.54, 1.807) is 0 Å². The number of nitrogens with zero attached hydrogens (tertiary/aromatic N) is 1. The predicted octanol–water partition coefficient (Wildman–Crippen LogP) is -0.312. The molecule has 0 aromatic carbocycles. The SMILES string of the molecule is CCCNCCNS(=O)(=O)c1cnc[nH]1. The molecule has 0 amide bonds. The van der Waals surface area contributed by atoms with E-state index in [-0.39, 0.29) is 5.03 Å². The molecular formula is C8H16N4O2S. The van der Waals surface area contributed by atoms with Crippen LogP contribution in [0.3, 0.4) is 0 Å². The lowest BCUT2D eigenvalue weighted by Crippen LogP contribution is -2.32. The third-order valence-electron chi connectivity index (χ3n) is 1.78. The highest BCUT2D eigenvalue weighted by Gasteiger charge is 2.13. The van der Waals surface area contributed by atoms with Crippen molar-refractivity contribution in [3.8, 4) is 0 Å². The molecule has 0 aliphatic rings. The van der Waals surface area contributed by atoms with Crippen LogP contribution in [0, 0.1) is 0 Å². The molecular weight excluding hydrogens is 216 g/mol. The van der Waals surface area contributed by atoms with Crippen molar-refractivity contribution in [3.63, 3.8) is 0 Å². The Morgan fingerprint density at radius 2 is 2.20 bits per heavy atom. The number of rotatable bonds is 7. The zero-order valence-electron chi connectivity index (χ0n) is 8.66. The number of sulfonamides is 1. The molecule has 6 nitrogen and oxygen atoms in total. The molecule has 1 aromatic rings. The summed E-state index contributed by atoms with van der Waals surface area (Å²) >= 11 is 0. The summed E-state index contributed by atoms with van der Waals surface area (Å²) in [7, 11) is -3.41. The van der Waals surface area contributed by atoms with Crippen molar-refractivity contribution in [1.29, 1.82) is 0 Å². The molecule has 86 valence electrons. The van der Waals surface area contributed by atoms with Crippen LogP contribution in [-0.2, 0) is 10.0 Å². The minimum atomic E-state index is -3.41. The summed E-state index contributed by atoms with van der Waals surface area (Å²) in [5.41, 5.74) is 0. The van der Waals surface area contributed by atoms with Crippen LogP contribution in [0.15, 0.2) is 17.6 Å². The Hall–Kier alpha value is -0.920. The Morgan fingerprint density at radius 1 is 1.40 bits per heavy atom.